The molecular weight excluding hydrogens is 672 g/mol. The van der Waals surface area contributed by atoms with E-state index in [1.165, 1.54) is 19.3 Å². The second-order valence-corrected chi connectivity index (χ2v) is 11.1. The van der Waals surface area contributed by atoms with Gasteiger partial charge in [-0.2, -0.15) is 0 Å². The summed E-state index contributed by atoms with van der Waals surface area (Å²) in [5.74, 6) is 0. The number of rotatable bonds is 17. The first kappa shape index (κ1) is 46.5. The molecule has 15 unspecified atom stereocenters. The van der Waals surface area contributed by atoms with E-state index in [2.05, 4.69) is 19.7 Å². The SMILES string of the molecule is C=CCOC1OC(CO)C(O)C(O)C1O.C=CCOC1OC(COC)C(O)C(O)C1O.C=CCOC1OC(COC)C(OC)C(OC)C1OC. The Morgan fingerprint density at radius 1 is 0.480 bits per heavy atom. The molecule has 15 atom stereocenters. The number of hydrogen-bond acceptors (Lipinski definition) is 18. The van der Waals surface area contributed by atoms with E-state index in [0.29, 0.717) is 13.2 Å². The van der Waals surface area contributed by atoms with Crippen LogP contribution < -0.4 is 0 Å². The molecule has 7 N–H and O–H groups in total. The van der Waals surface area contributed by atoms with Crippen molar-refractivity contribution in [2.75, 3.05) is 75.2 Å². The number of hydrogen-bond donors (Lipinski definition) is 7. The van der Waals surface area contributed by atoms with Gasteiger partial charge in [0.1, 0.15) is 73.2 Å². The van der Waals surface area contributed by atoms with E-state index < -0.39 is 74.3 Å². The summed E-state index contributed by atoms with van der Waals surface area (Å²) in [5, 5.41) is 65.9. The van der Waals surface area contributed by atoms with Crippen LogP contribution in [-0.2, 0) is 52.1 Å². The van der Waals surface area contributed by atoms with Crippen LogP contribution in [0.2, 0.25) is 0 Å². The Balaban J connectivity index is 0.000000378. The van der Waals surface area contributed by atoms with Crippen molar-refractivity contribution in [3.8, 4) is 0 Å². The summed E-state index contributed by atoms with van der Waals surface area (Å²) in [7, 11) is 7.88. The zero-order valence-corrected chi connectivity index (χ0v) is 29.4. The molecule has 18 heteroatoms. The lowest BCUT2D eigenvalue weighted by atomic mass is 9.98. The molecule has 0 aromatic heterocycles. The second-order valence-electron chi connectivity index (χ2n) is 11.1. The predicted octanol–water partition coefficient (Wildman–Crippen LogP) is -2.76. The van der Waals surface area contributed by atoms with E-state index in [9.17, 15) is 30.6 Å². The fourth-order valence-electron chi connectivity index (χ4n) is 5.16. The second kappa shape index (κ2) is 25.5. The summed E-state index contributed by atoms with van der Waals surface area (Å²) in [6, 6.07) is 0. The minimum atomic E-state index is -1.40. The molecule has 0 amide bonds. The van der Waals surface area contributed by atoms with Gasteiger partial charge in [0, 0.05) is 35.5 Å². The number of ether oxygens (including phenoxy) is 11. The summed E-state index contributed by atoms with van der Waals surface area (Å²) in [5.41, 5.74) is 0. The van der Waals surface area contributed by atoms with E-state index in [1.807, 2.05) is 0 Å². The molecule has 0 aromatic carbocycles. The van der Waals surface area contributed by atoms with Gasteiger partial charge in [-0.15, -0.1) is 19.7 Å². The quantitative estimate of drug-likeness (QED) is 0.0750. The lowest BCUT2D eigenvalue weighted by Crippen LogP contribution is -2.61. The highest BCUT2D eigenvalue weighted by Gasteiger charge is 2.48. The average Bonchev–Trinajstić information content (AvgIpc) is 3.12. The molecule has 0 aliphatic carbocycles. The Bertz CT molecular complexity index is 912. The topological polar surface area (TPSA) is 243 Å². The third-order valence-corrected chi connectivity index (χ3v) is 7.72. The van der Waals surface area contributed by atoms with Crippen molar-refractivity contribution in [2.24, 2.45) is 0 Å². The van der Waals surface area contributed by atoms with Crippen molar-refractivity contribution in [3.05, 3.63) is 38.0 Å². The average molecular weight is 731 g/mol. The van der Waals surface area contributed by atoms with Crippen LogP contribution >= 0.6 is 0 Å². The smallest absolute Gasteiger partial charge is 0.187 e. The predicted molar refractivity (Wildman–Crippen MR) is 174 cm³/mol. The lowest BCUT2D eigenvalue weighted by Gasteiger charge is -2.44. The Kier molecular flexibility index (Phi) is 23.7. The molecule has 3 rings (SSSR count). The van der Waals surface area contributed by atoms with Crippen LogP contribution in [0.5, 0.6) is 0 Å². The highest BCUT2D eigenvalue weighted by Crippen LogP contribution is 2.28. The van der Waals surface area contributed by atoms with Crippen molar-refractivity contribution in [3.63, 3.8) is 0 Å². The molecule has 0 aromatic rings. The maximum absolute atomic E-state index is 9.59. The van der Waals surface area contributed by atoms with Gasteiger partial charge in [-0.05, 0) is 0 Å². The van der Waals surface area contributed by atoms with Crippen LogP contribution in [0.3, 0.4) is 0 Å². The monoisotopic (exact) mass is 730 g/mol. The van der Waals surface area contributed by atoms with Gasteiger partial charge in [0.15, 0.2) is 18.9 Å². The Morgan fingerprint density at radius 2 is 0.860 bits per heavy atom. The zero-order valence-electron chi connectivity index (χ0n) is 29.4. The number of aliphatic hydroxyl groups is 7. The molecule has 3 fully saturated rings. The number of aliphatic hydroxyl groups excluding tert-OH is 7. The van der Waals surface area contributed by atoms with Gasteiger partial charge >= 0.3 is 0 Å². The molecule has 18 nitrogen and oxygen atoms in total. The fourth-order valence-corrected chi connectivity index (χ4v) is 5.16. The van der Waals surface area contributed by atoms with Gasteiger partial charge < -0.3 is 87.9 Å². The van der Waals surface area contributed by atoms with Crippen molar-refractivity contribution in [2.45, 2.75) is 92.1 Å². The fraction of sp³-hybridized carbons (Fsp3) is 0.812. The molecule has 50 heavy (non-hydrogen) atoms. The van der Waals surface area contributed by atoms with Crippen molar-refractivity contribution >= 4 is 0 Å². The first-order chi connectivity index (χ1) is 24.0. The molecule has 0 spiro atoms. The van der Waals surface area contributed by atoms with Crippen LogP contribution in [0, 0.1) is 0 Å². The summed E-state index contributed by atoms with van der Waals surface area (Å²) in [4.78, 5) is 0. The maximum Gasteiger partial charge on any atom is 0.187 e. The van der Waals surface area contributed by atoms with Crippen molar-refractivity contribution in [1.82, 2.24) is 0 Å². The highest BCUT2D eigenvalue weighted by atomic mass is 16.7. The third kappa shape index (κ3) is 13.5. The third-order valence-electron chi connectivity index (χ3n) is 7.72. The van der Waals surface area contributed by atoms with Crippen LogP contribution in [-0.4, -0.2) is 203 Å². The Labute approximate surface area is 293 Å². The molecule has 0 bridgehead atoms. The molecule has 3 aliphatic rings. The highest BCUT2D eigenvalue weighted by molar-refractivity contribution is 4.93. The molecule has 0 saturated carbocycles. The van der Waals surface area contributed by atoms with Gasteiger partial charge in [0.2, 0.25) is 0 Å². The standard InChI is InChI=1S/C13H24O6.C10H18O6.C9H16O6/c1-6-7-18-13-12(17-5)11(16-4)10(15-3)9(19-13)8-14-2;1-3-4-15-10-9(13)8(12)7(11)6(16-10)5-14-2;1-2-3-14-9-8(13)7(12)6(11)5(4-10)15-9/h6,9-13H,1,7-8H2,2-5H3;3,6-13H,1,4-5H2,2H3;2,5-13H,1,3-4H2. The minimum absolute atomic E-state index is 0.110. The largest absolute Gasteiger partial charge is 0.394 e. The van der Waals surface area contributed by atoms with E-state index >= 15 is 0 Å². The van der Waals surface area contributed by atoms with E-state index in [-0.39, 0.29) is 44.2 Å². The summed E-state index contributed by atoms with van der Waals surface area (Å²) in [6.45, 7) is 11.2. The molecule has 3 saturated heterocycles. The first-order valence-electron chi connectivity index (χ1n) is 15.9. The molecular formula is C32H58O18. The first-order valence-corrected chi connectivity index (χ1v) is 15.9. The molecule has 294 valence electrons. The van der Waals surface area contributed by atoms with Crippen LogP contribution in [0.15, 0.2) is 38.0 Å². The Morgan fingerprint density at radius 3 is 1.26 bits per heavy atom. The minimum Gasteiger partial charge on any atom is -0.394 e. The van der Waals surface area contributed by atoms with Gasteiger partial charge in [0.05, 0.1) is 39.6 Å². The zero-order chi connectivity index (χ0) is 37.8. The molecule has 0 radical (unpaired) electrons. The van der Waals surface area contributed by atoms with Crippen molar-refractivity contribution < 1.29 is 87.9 Å². The van der Waals surface area contributed by atoms with E-state index in [4.69, 9.17) is 57.2 Å². The van der Waals surface area contributed by atoms with Gasteiger partial charge in [-0.25, -0.2) is 0 Å². The summed E-state index contributed by atoms with van der Waals surface area (Å²) < 4.78 is 58.3. The summed E-state index contributed by atoms with van der Waals surface area (Å²) >= 11 is 0. The van der Waals surface area contributed by atoms with Crippen LogP contribution in [0.25, 0.3) is 0 Å². The van der Waals surface area contributed by atoms with Crippen LogP contribution in [0.4, 0.5) is 0 Å². The molecule has 3 heterocycles. The lowest BCUT2D eigenvalue weighted by molar-refractivity contribution is -0.311. The maximum atomic E-state index is 9.59. The van der Waals surface area contributed by atoms with Gasteiger partial charge in [0.25, 0.3) is 0 Å². The van der Waals surface area contributed by atoms with Crippen molar-refractivity contribution in [1.29, 1.82) is 0 Å². The normalized spacial score (nSPS) is 38.5. The van der Waals surface area contributed by atoms with E-state index in [0.717, 1.165) is 0 Å². The Hall–Kier alpha value is -1.50. The van der Waals surface area contributed by atoms with E-state index in [1.54, 1.807) is 34.5 Å². The van der Waals surface area contributed by atoms with Gasteiger partial charge in [-0.1, -0.05) is 18.2 Å². The number of methoxy groups -OCH3 is 5. The van der Waals surface area contributed by atoms with Crippen LogP contribution in [0.1, 0.15) is 0 Å². The molecule has 3 aliphatic heterocycles. The summed E-state index contributed by atoms with van der Waals surface area (Å²) in [6.07, 6.45) is -8.76. The van der Waals surface area contributed by atoms with Gasteiger partial charge in [-0.3, -0.25) is 0 Å².